The maximum absolute atomic E-state index is 13.7. The number of cyclic esters (lactones) is 1. The van der Waals surface area contributed by atoms with E-state index in [1.165, 1.54) is 4.57 Å². The highest BCUT2D eigenvalue weighted by Gasteiger charge is 2.51. The van der Waals surface area contributed by atoms with Crippen molar-refractivity contribution in [3.63, 3.8) is 0 Å². The second-order valence-electron chi connectivity index (χ2n) is 11.0. The summed E-state index contributed by atoms with van der Waals surface area (Å²) in [5, 5.41) is 12.7. The number of benzene rings is 1. The summed E-state index contributed by atoms with van der Waals surface area (Å²) in [6.07, 6.45) is -1.31. The normalized spacial score (nSPS) is 17.4. The van der Waals surface area contributed by atoms with Gasteiger partial charge in [0.15, 0.2) is 0 Å². The molecule has 1 aromatic carbocycles. The van der Waals surface area contributed by atoms with Crippen molar-refractivity contribution < 1.29 is 38.6 Å². The predicted molar refractivity (Wildman–Crippen MR) is 152 cm³/mol. The molecule has 12 nitrogen and oxygen atoms in total. The third-order valence-corrected chi connectivity index (χ3v) is 7.90. The van der Waals surface area contributed by atoms with Crippen LogP contribution in [0.15, 0.2) is 41.2 Å². The van der Waals surface area contributed by atoms with Gasteiger partial charge in [-0.15, -0.1) is 0 Å². The predicted octanol–water partition coefficient (Wildman–Crippen LogP) is 2.60. The molecular weight excluding hydrogens is 558 g/mol. The van der Waals surface area contributed by atoms with Crippen LogP contribution in [0.4, 0.5) is 0 Å². The number of ketones is 1. The van der Waals surface area contributed by atoms with Crippen molar-refractivity contribution in [2.24, 2.45) is 5.92 Å². The van der Waals surface area contributed by atoms with Gasteiger partial charge in [0.25, 0.3) is 5.56 Å². The van der Waals surface area contributed by atoms with E-state index in [-0.39, 0.29) is 55.2 Å². The summed E-state index contributed by atoms with van der Waals surface area (Å²) in [5.41, 5.74) is 0.274. The molecule has 3 aromatic rings. The van der Waals surface area contributed by atoms with Gasteiger partial charge in [0.1, 0.15) is 18.4 Å². The Morgan fingerprint density at radius 3 is 2.58 bits per heavy atom. The molecule has 5 rings (SSSR count). The zero-order valence-electron chi connectivity index (χ0n) is 24.0. The standard InChI is InChI=1S/C31H31N3O9/c1-4-31(43-29(40)22(13-26(37)38)32-25(36)10-9-24(35)16(2)3)20-12-23-27-18(11-17-7-5-6-8-21(17)33-27)14-34(23)28(39)19(20)15-42-30(31)41/h5-8,11-12,16,22H,4,9-10,13-15H2,1-3H3,(H,32,36)(H,37,38)/t22-,31-/m0/s1. The van der Waals surface area contributed by atoms with Crippen LogP contribution in [0.25, 0.3) is 22.3 Å². The fourth-order valence-corrected chi connectivity index (χ4v) is 5.49. The monoisotopic (exact) mass is 589 g/mol. The molecule has 0 bridgehead atoms. The lowest BCUT2D eigenvalue weighted by Gasteiger charge is -2.36. The number of carboxylic acid groups (broad SMARTS) is 1. The molecule has 2 atom stereocenters. The smallest absolute Gasteiger partial charge is 0.355 e. The number of rotatable bonds is 10. The van der Waals surface area contributed by atoms with E-state index in [9.17, 15) is 33.9 Å². The number of carbonyl (C=O) groups excluding carboxylic acids is 4. The minimum absolute atomic E-state index is 0.0865. The zero-order valence-corrected chi connectivity index (χ0v) is 24.0. The van der Waals surface area contributed by atoms with Gasteiger partial charge in [0.2, 0.25) is 11.5 Å². The number of ether oxygens (including phenoxy) is 2. The lowest BCUT2D eigenvalue weighted by Crippen LogP contribution is -2.51. The van der Waals surface area contributed by atoms with E-state index in [2.05, 4.69) is 5.32 Å². The number of carboxylic acids is 1. The number of pyridine rings is 2. The molecule has 0 unspecified atom stereocenters. The maximum Gasteiger partial charge on any atom is 0.355 e. The van der Waals surface area contributed by atoms with E-state index in [4.69, 9.17) is 14.5 Å². The first-order valence-corrected chi connectivity index (χ1v) is 14.0. The van der Waals surface area contributed by atoms with Crippen molar-refractivity contribution in [1.29, 1.82) is 0 Å². The summed E-state index contributed by atoms with van der Waals surface area (Å²) < 4.78 is 12.6. The zero-order chi connectivity index (χ0) is 31.1. The molecule has 0 fully saturated rings. The molecule has 0 saturated carbocycles. The Balaban J connectivity index is 1.51. The summed E-state index contributed by atoms with van der Waals surface area (Å²) in [6, 6.07) is 9.40. The molecule has 224 valence electrons. The number of aromatic nitrogens is 2. The number of hydrogen-bond donors (Lipinski definition) is 2. The Hall–Kier alpha value is -4.87. The van der Waals surface area contributed by atoms with Crippen LogP contribution in [0.2, 0.25) is 0 Å². The van der Waals surface area contributed by atoms with Gasteiger partial charge >= 0.3 is 17.9 Å². The van der Waals surface area contributed by atoms with Crippen LogP contribution in [0.3, 0.4) is 0 Å². The molecule has 43 heavy (non-hydrogen) atoms. The number of para-hydroxylation sites is 1. The van der Waals surface area contributed by atoms with E-state index < -0.39 is 47.4 Å². The van der Waals surface area contributed by atoms with Crippen LogP contribution in [-0.2, 0) is 52.2 Å². The molecule has 0 spiro atoms. The van der Waals surface area contributed by atoms with E-state index in [0.717, 1.165) is 16.5 Å². The Labute approximate surface area is 246 Å². The molecule has 2 aromatic heterocycles. The minimum Gasteiger partial charge on any atom is -0.481 e. The third kappa shape index (κ3) is 5.40. The first-order valence-electron chi connectivity index (χ1n) is 14.0. The number of nitrogens with zero attached hydrogens (tertiary/aromatic N) is 2. The molecule has 2 aliphatic rings. The van der Waals surface area contributed by atoms with Crippen molar-refractivity contribution in [1.82, 2.24) is 14.9 Å². The van der Waals surface area contributed by atoms with Crippen molar-refractivity contribution in [3.8, 4) is 11.4 Å². The topological polar surface area (TPSA) is 171 Å². The molecular formula is C31H31N3O9. The highest BCUT2D eigenvalue weighted by atomic mass is 16.6. The van der Waals surface area contributed by atoms with Gasteiger partial charge in [0, 0.05) is 35.3 Å². The lowest BCUT2D eigenvalue weighted by molar-refractivity contribution is -0.191. The number of Topliss-reactive ketones (excluding diaryl/α,β-unsaturated/α-hetero) is 1. The van der Waals surface area contributed by atoms with Gasteiger partial charge in [-0.1, -0.05) is 39.0 Å². The second-order valence-corrected chi connectivity index (χ2v) is 11.0. The summed E-state index contributed by atoms with van der Waals surface area (Å²) >= 11 is 0. The fraction of sp³-hybridized carbons (Fsp3) is 0.387. The van der Waals surface area contributed by atoms with Crippen molar-refractivity contribution >= 4 is 40.5 Å². The van der Waals surface area contributed by atoms with E-state index in [0.29, 0.717) is 11.4 Å². The lowest BCUT2D eigenvalue weighted by atomic mass is 9.85. The van der Waals surface area contributed by atoms with E-state index >= 15 is 0 Å². The average Bonchev–Trinajstić information content (AvgIpc) is 3.33. The molecule has 2 N–H and O–H groups in total. The van der Waals surface area contributed by atoms with E-state index in [1.54, 1.807) is 26.8 Å². The number of hydrogen-bond acceptors (Lipinski definition) is 9. The summed E-state index contributed by atoms with van der Waals surface area (Å²) in [4.78, 5) is 81.3. The Bertz CT molecular complexity index is 1740. The molecule has 0 radical (unpaired) electrons. The number of carbonyl (C=O) groups is 5. The molecule has 4 heterocycles. The van der Waals surface area contributed by atoms with E-state index in [1.807, 2.05) is 30.3 Å². The first kappa shape index (κ1) is 29.6. The van der Waals surface area contributed by atoms with Crippen molar-refractivity contribution in [3.05, 3.63) is 63.4 Å². The molecule has 12 heteroatoms. The van der Waals surface area contributed by atoms with Gasteiger partial charge < -0.3 is 24.5 Å². The number of esters is 2. The minimum atomic E-state index is -2.08. The second kappa shape index (κ2) is 11.4. The van der Waals surface area contributed by atoms with Crippen molar-refractivity contribution in [2.45, 2.75) is 71.2 Å². The number of fused-ring (bicyclic) bond motifs is 5. The quantitative estimate of drug-likeness (QED) is 0.262. The number of nitrogens with one attached hydrogen (secondary N) is 1. The largest absolute Gasteiger partial charge is 0.481 e. The number of amides is 1. The Morgan fingerprint density at radius 2 is 1.88 bits per heavy atom. The molecule has 0 saturated heterocycles. The fourth-order valence-electron chi connectivity index (χ4n) is 5.49. The van der Waals surface area contributed by atoms with Crippen LogP contribution in [-0.4, -0.2) is 50.3 Å². The van der Waals surface area contributed by atoms with Crippen LogP contribution < -0.4 is 10.9 Å². The summed E-state index contributed by atoms with van der Waals surface area (Å²) in [5.74, 6) is -4.69. The van der Waals surface area contributed by atoms with Gasteiger partial charge in [-0.25, -0.2) is 14.6 Å². The van der Waals surface area contributed by atoms with Crippen LogP contribution in [0.5, 0.6) is 0 Å². The van der Waals surface area contributed by atoms with Crippen LogP contribution >= 0.6 is 0 Å². The highest BCUT2D eigenvalue weighted by Crippen LogP contribution is 2.41. The summed E-state index contributed by atoms with van der Waals surface area (Å²) in [6.45, 7) is 4.86. The number of aliphatic carboxylic acids is 1. The van der Waals surface area contributed by atoms with Gasteiger partial charge in [-0.3, -0.25) is 19.2 Å². The van der Waals surface area contributed by atoms with Gasteiger partial charge in [-0.05, 0) is 24.6 Å². The first-order chi connectivity index (χ1) is 20.4. The molecule has 1 amide bonds. The van der Waals surface area contributed by atoms with Crippen LogP contribution in [0.1, 0.15) is 63.1 Å². The van der Waals surface area contributed by atoms with Crippen molar-refractivity contribution in [2.75, 3.05) is 0 Å². The maximum atomic E-state index is 13.7. The molecule has 0 aliphatic carbocycles. The Morgan fingerprint density at radius 1 is 1.14 bits per heavy atom. The van der Waals surface area contributed by atoms with Crippen LogP contribution in [0, 0.1) is 5.92 Å². The van der Waals surface area contributed by atoms with Gasteiger partial charge in [-0.2, -0.15) is 0 Å². The van der Waals surface area contributed by atoms with Gasteiger partial charge in [0.05, 0.1) is 35.4 Å². The average molecular weight is 590 g/mol. The molecule has 2 aliphatic heterocycles. The SMILES string of the molecule is CC[C@@]1(OC(=O)[C@H](CC(=O)O)NC(=O)CCC(=O)C(C)C)C(=O)OCc2c1cc1n(c2=O)Cc2cc3ccccc3nc2-1. The third-order valence-electron chi connectivity index (χ3n) is 7.90. The Kier molecular flexibility index (Phi) is 7.87. The summed E-state index contributed by atoms with van der Waals surface area (Å²) in [7, 11) is 0. The highest BCUT2D eigenvalue weighted by molar-refractivity contribution is 5.93.